The molecule has 0 aromatic heterocycles. The van der Waals surface area contributed by atoms with Crippen molar-refractivity contribution in [2.75, 3.05) is 7.11 Å². The van der Waals surface area contributed by atoms with E-state index < -0.39 is 0 Å². The maximum Gasteiger partial charge on any atom is 0.119 e. The van der Waals surface area contributed by atoms with Gasteiger partial charge in [0.1, 0.15) is 5.75 Å². The number of benzene rings is 1. The van der Waals surface area contributed by atoms with Gasteiger partial charge < -0.3 is 10.5 Å². The first-order valence-electron chi connectivity index (χ1n) is 6.73. The fraction of sp³-hybridized carbons (Fsp3) is 0.500. The second-order valence-electron chi connectivity index (χ2n) is 5.84. The van der Waals surface area contributed by atoms with Gasteiger partial charge in [0.25, 0.3) is 0 Å². The van der Waals surface area contributed by atoms with E-state index in [1.54, 1.807) is 7.11 Å². The number of nitrogens with two attached hydrogens (primary N) is 1. The summed E-state index contributed by atoms with van der Waals surface area (Å²) in [5.41, 5.74) is 9.44. The lowest BCUT2D eigenvalue weighted by Crippen LogP contribution is -2.51. The van der Waals surface area contributed by atoms with E-state index in [0.29, 0.717) is 5.92 Å². The third-order valence-electron chi connectivity index (χ3n) is 4.81. The summed E-state index contributed by atoms with van der Waals surface area (Å²) in [5.74, 6) is 1.52. The minimum atomic E-state index is 0.0553. The van der Waals surface area contributed by atoms with E-state index in [4.69, 9.17) is 10.5 Å². The molecule has 2 aliphatic carbocycles. The van der Waals surface area contributed by atoms with Crippen LogP contribution in [-0.4, -0.2) is 13.2 Å². The molecule has 3 rings (SSSR count). The highest BCUT2D eigenvalue weighted by atomic mass is 16.5. The van der Waals surface area contributed by atoms with Crippen molar-refractivity contribution in [1.29, 1.82) is 0 Å². The molecular weight excluding hydrogens is 222 g/mol. The SMILES string of the molecule is COc1ccc2c(c1)[C@@]1(C)CC=CCC(C2)[C@@H]1N. The summed E-state index contributed by atoms with van der Waals surface area (Å²) < 4.78 is 5.37. The molecule has 1 aromatic carbocycles. The predicted molar refractivity (Wildman–Crippen MR) is 73.9 cm³/mol. The van der Waals surface area contributed by atoms with Crippen molar-refractivity contribution in [2.45, 2.75) is 37.6 Å². The number of allylic oxidation sites excluding steroid dienone is 2. The summed E-state index contributed by atoms with van der Waals surface area (Å²) in [6.07, 6.45) is 7.85. The second kappa shape index (κ2) is 4.13. The van der Waals surface area contributed by atoms with Crippen LogP contribution in [0.4, 0.5) is 0 Å². The average molecular weight is 243 g/mol. The summed E-state index contributed by atoms with van der Waals surface area (Å²) in [4.78, 5) is 0. The molecule has 3 atom stereocenters. The van der Waals surface area contributed by atoms with Crippen molar-refractivity contribution in [3.63, 3.8) is 0 Å². The van der Waals surface area contributed by atoms with E-state index in [9.17, 15) is 0 Å². The molecule has 18 heavy (non-hydrogen) atoms. The molecule has 2 aliphatic rings. The lowest BCUT2D eigenvalue weighted by Gasteiger charge is -2.44. The van der Waals surface area contributed by atoms with Gasteiger partial charge in [-0.1, -0.05) is 25.1 Å². The van der Waals surface area contributed by atoms with E-state index in [2.05, 4.69) is 37.3 Å². The van der Waals surface area contributed by atoms with E-state index in [1.807, 2.05) is 0 Å². The van der Waals surface area contributed by atoms with Crippen LogP contribution in [0, 0.1) is 5.92 Å². The lowest BCUT2D eigenvalue weighted by atomic mass is 9.63. The molecule has 96 valence electrons. The fourth-order valence-electron chi connectivity index (χ4n) is 3.58. The molecule has 0 amide bonds. The van der Waals surface area contributed by atoms with Crippen LogP contribution in [0.2, 0.25) is 0 Å². The topological polar surface area (TPSA) is 35.2 Å². The Morgan fingerprint density at radius 2 is 2.17 bits per heavy atom. The van der Waals surface area contributed by atoms with Gasteiger partial charge in [0, 0.05) is 11.5 Å². The smallest absolute Gasteiger partial charge is 0.119 e. The Morgan fingerprint density at radius 3 is 2.94 bits per heavy atom. The Labute approximate surface area is 109 Å². The largest absolute Gasteiger partial charge is 0.497 e. The molecule has 0 fully saturated rings. The van der Waals surface area contributed by atoms with Crippen molar-refractivity contribution < 1.29 is 4.74 Å². The van der Waals surface area contributed by atoms with E-state index in [1.165, 1.54) is 11.1 Å². The normalized spacial score (nSPS) is 33.7. The molecule has 2 N–H and O–H groups in total. The standard InChI is InChI=1S/C16H21NO/c1-16-8-4-3-5-12(15(16)17)9-11-6-7-13(18-2)10-14(11)16/h3-4,6-7,10,12,15H,5,8-9,17H2,1-2H3/t12?,15-,16+/m0/s1. The van der Waals surface area contributed by atoms with Crippen LogP contribution in [0.3, 0.4) is 0 Å². The zero-order chi connectivity index (χ0) is 12.8. The van der Waals surface area contributed by atoms with Gasteiger partial charge in [-0.3, -0.25) is 0 Å². The molecule has 2 heteroatoms. The zero-order valence-corrected chi connectivity index (χ0v) is 11.1. The molecule has 2 nitrogen and oxygen atoms in total. The second-order valence-corrected chi connectivity index (χ2v) is 5.84. The molecule has 2 bridgehead atoms. The van der Waals surface area contributed by atoms with Crippen LogP contribution in [-0.2, 0) is 11.8 Å². The molecule has 1 unspecified atom stereocenters. The Hall–Kier alpha value is -1.28. The minimum absolute atomic E-state index is 0.0553. The van der Waals surface area contributed by atoms with E-state index >= 15 is 0 Å². The first-order chi connectivity index (χ1) is 8.65. The number of ether oxygens (including phenoxy) is 1. The minimum Gasteiger partial charge on any atom is -0.497 e. The molecule has 0 radical (unpaired) electrons. The first kappa shape index (κ1) is 11.8. The van der Waals surface area contributed by atoms with E-state index in [0.717, 1.165) is 25.0 Å². The Balaban J connectivity index is 2.15. The molecule has 0 aliphatic heterocycles. The fourth-order valence-corrected chi connectivity index (χ4v) is 3.58. The number of fused-ring (bicyclic) bond motifs is 4. The van der Waals surface area contributed by atoms with Gasteiger partial charge in [0.15, 0.2) is 0 Å². The maximum atomic E-state index is 6.54. The Bertz CT molecular complexity index is 494. The zero-order valence-electron chi connectivity index (χ0n) is 11.1. The average Bonchev–Trinajstić information content (AvgIpc) is 2.48. The summed E-state index contributed by atoms with van der Waals surface area (Å²) in [6, 6.07) is 6.71. The molecular formula is C16H21NO. The monoisotopic (exact) mass is 243 g/mol. The Kier molecular flexibility index (Phi) is 2.70. The Morgan fingerprint density at radius 1 is 1.33 bits per heavy atom. The molecule has 1 aromatic rings. The summed E-state index contributed by atoms with van der Waals surface area (Å²) in [6.45, 7) is 2.30. The van der Waals surface area contributed by atoms with E-state index in [-0.39, 0.29) is 11.5 Å². The van der Waals surface area contributed by atoms with Crippen molar-refractivity contribution in [3.8, 4) is 5.75 Å². The molecule has 0 spiro atoms. The van der Waals surface area contributed by atoms with Crippen molar-refractivity contribution in [2.24, 2.45) is 11.7 Å². The maximum absolute atomic E-state index is 6.54. The summed E-state index contributed by atoms with van der Waals surface area (Å²) >= 11 is 0. The van der Waals surface area contributed by atoms with Crippen LogP contribution in [0.15, 0.2) is 30.4 Å². The quantitative estimate of drug-likeness (QED) is 0.770. The predicted octanol–water partition coefficient (Wildman–Crippen LogP) is 2.80. The highest BCUT2D eigenvalue weighted by Crippen LogP contribution is 2.45. The van der Waals surface area contributed by atoms with Gasteiger partial charge in [-0.05, 0) is 48.4 Å². The van der Waals surface area contributed by atoms with Gasteiger partial charge in [-0.2, -0.15) is 0 Å². The van der Waals surface area contributed by atoms with Gasteiger partial charge >= 0.3 is 0 Å². The summed E-state index contributed by atoms with van der Waals surface area (Å²) in [5, 5.41) is 0. The van der Waals surface area contributed by atoms with Crippen LogP contribution < -0.4 is 10.5 Å². The van der Waals surface area contributed by atoms with Crippen molar-refractivity contribution in [3.05, 3.63) is 41.5 Å². The van der Waals surface area contributed by atoms with Crippen LogP contribution >= 0.6 is 0 Å². The van der Waals surface area contributed by atoms with Crippen molar-refractivity contribution >= 4 is 0 Å². The molecule has 0 heterocycles. The first-order valence-corrected chi connectivity index (χ1v) is 6.73. The van der Waals surface area contributed by atoms with Crippen LogP contribution in [0.1, 0.15) is 30.9 Å². The third kappa shape index (κ3) is 1.59. The van der Waals surface area contributed by atoms with Crippen LogP contribution in [0.5, 0.6) is 5.75 Å². The van der Waals surface area contributed by atoms with Crippen molar-refractivity contribution in [1.82, 2.24) is 0 Å². The number of rotatable bonds is 1. The van der Waals surface area contributed by atoms with Gasteiger partial charge in [-0.25, -0.2) is 0 Å². The number of hydrogen-bond donors (Lipinski definition) is 1. The van der Waals surface area contributed by atoms with Gasteiger partial charge in [-0.15, -0.1) is 0 Å². The number of hydrogen-bond acceptors (Lipinski definition) is 2. The third-order valence-corrected chi connectivity index (χ3v) is 4.81. The highest BCUT2D eigenvalue weighted by molar-refractivity contribution is 5.45. The molecule has 0 saturated heterocycles. The van der Waals surface area contributed by atoms with Gasteiger partial charge in [0.05, 0.1) is 7.11 Å². The number of methoxy groups -OCH3 is 1. The highest BCUT2D eigenvalue weighted by Gasteiger charge is 2.43. The molecule has 0 saturated carbocycles. The lowest BCUT2D eigenvalue weighted by molar-refractivity contribution is 0.260. The van der Waals surface area contributed by atoms with Crippen LogP contribution in [0.25, 0.3) is 0 Å². The van der Waals surface area contributed by atoms with Gasteiger partial charge in [0.2, 0.25) is 0 Å². The summed E-state index contributed by atoms with van der Waals surface area (Å²) in [7, 11) is 1.72.